The van der Waals surface area contributed by atoms with Gasteiger partial charge in [-0.1, -0.05) is 37.6 Å². The van der Waals surface area contributed by atoms with Gasteiger partial charge in [-0.3, -0.25) is 0 Å². The Balaban J connectivity index is 2.06. The summed E-state index contributed by atoms with van der Waals surface area (Å²) < 4.78 is 5.25. The Morgan fingerprint density at radius 2 is 2.00 bits per heavy atom. The topological polar surface area (TPSA) is 62.5 Å². The Kier molecular flexibility index (Phi) is 5.04. The highest BCUT2D eigenvalue weighted by Crippen LogP contribution is 2.24. The van der Waals surface area contributed by atoms with Gasteiger partial charge in [0.25, 0.3) is 0 Å². The Labute approximate surface area is 128 Å². The molecule has 2 aromatic rings. The number of furan rings is 1. The van der Waals surface area contributed by atoms with E-state index >= 15 is 0 Å². The standard InChI is InChI=1S/C16H18ClNO3/c1-10(2)15(11-3-5-13(17)6-4-11)18-8-14-7-12(9-21-14)16(19)20/h3-7,9-10,15,18H,8H2,1-2H3,(H,19,20). The molecule has 0 radical (unpaired) electrons. The second-order valence-electron chi connectivity index (χ2n) is 5.26. The molecular formula is C16H18ClNO3. The molecule has 0 saturated carbocycles. The van der Waals surface area contributed by atoms with Gasteiger partial charge in [0, 0.05) is 11.1 Å². The molecule has 2 N–H and O–H groups in total. The van der Waals surface area contributed by atoms with Gasteiger partial charge >= 0.3 is 5.97 Å². The van der Waals surface area contributed by atoms with Crippen LogP contribution in [-0.4, -0.2) is 11.1 Å². The van der Waals surface area contributed by atoms with E-state index in [0.717, 1.165) is 5.56 Å². The van der Waals surface area contributed by atoms with Crippen LogP contribution in [0.2, 0.25) is 5.02 Å². The van der Waals surface area contributed by atoms with Gasteiger partial charge in [-0.15, -0.1) is 0 Å². The molecule has 1 heterocycles. The van der Waals surface area contributed by atoms with Gasteiger partial charge in [0.15, 0.2) is 0 Å². The third-order valence-corrected chi connectivity index (χ3v) is 3.54. The molecule has 1 atom stereocenters. The summed E-state index contributed by atoms with van der Waals surface area (Å²) >= 11 is 5.91. The number of rotatable bonds is 6. The van der Waals surface area contributed by atoms with Crippen LogP contribution in [0.3, 0.4) is 0 Å². The summed E-state index contributed by atoms with van der Waals surface area (Å²) in [5.41, 5.74) is 1.30. The van der Waals surface area contributed by atoms with Crippen LogP contribution in [0.4, 0.5) is 0 Å². The molecular weight excluding hydrogens is 290 g/mol. The van der Waals surface area contributed by atoms with Gasteiger partial charge in [0.2, 0.25) is 0 Å². The lowest BCUT2D eigenvalue weighted by Gasteiger charge is -2.22. The average Bonchev–Trinajstić information content (AvgIpc) is 2.90. The van der Waals surface area contributed by atoms with E-state index in [-0.39, 0.29) is 11.6 Å². The first-order valence-corrected chi connectivity index (χ1v) is 7.14. The van der Waals surface area contributed by atoms with Crippen LogP contribution < -0.4 is 5.32 Å². The molecule has 4 nitrogen and oxygen atoms in total. The maximum absolute atomic E-state index is 10.8. The minimum atomic E-state index is -0.983. The van der Waals surface area contributed by atoms with E-state index in [2.05, 4.69) is 19.2 Å². The quantitative estimate of drug-likeness (QED) is 0.842. The van der Waals surface area contributed by atoms with E-state index in [1.165, 1.54) is 12.3 Å². The van der Waals surface area contributed by atoms with E-state index in [4.69, 9.17) is 21.1 Å². The summed E-state index contributed by atoms with van der Waals surface area (Å²) in [6, 6.07) is 9.39. The third-order valence-electron chi connectivity index (χ3n) is 3.29. The summed E-state index contributed by atoms with van der Waals surface area (Å²) in [6.07, 6.45) is 1.26. The van der Waals surface area contributed by atoms with Crippen molar-refractivity contribution in [1.82, 2.24) is 5.32 Å². The zero-order valence-corrected chi connectivity index (χ0v) is 12.7. The fourth-order valence-electron chi connectivity index (χ4n) is 2.20. The number of hydrogen-bond donors (Lipinski definition) is 2. The monoisotopic (exact) mass is 307 g/mol. The van der Waals surface area contributed by atoms with Gasteiger partial charge in [-0.05, 0) is 29.7 Å². The van der Waals surface area contributed by atoms with Crippen molar-refractivity contribution in [3.63, 3.8) is 0 Å². The van der Waals surface area contributed by atoms with E-state index in [0.29, 0.717) is 23.2 Å². The van der Waals surface area contributed by atoms with Gasteiger partial charge < -0.3 is 14.8 Å². The van der Waals surface area contributed by atoms with E-state index in [1.807, 2.05) is 24.3 Å². The van der Waals surface area contributed by atoms with Crippen LogP contribution in [0.5, 0.6) is 0 Å². The number of benzene rings is 1. The maximum atomic E-state index is 10.8. The van der Waals surface area contributed by atoms with E-state index in [1.54, 1.807) is 0 Å². The zero-order chi connectivity index (χ0) is 15.4. The zero-order valence-electron chi connectivity index (χ0n) is 12.0. The first kappa shape index (κ1) is 15.6. The minimum absolute atomic E-state index is 0.139. The third kappa shape index (κ3) is 4.09. The molecule has 0 saturated heterocycles. The number of carboxylic acid groups (broad SMARTS) is 1. The number of halogens is 1. The summed E-state index contributed by atoms with van der Waals surface area (Å²) in [4.78, 5) is 10.8. The van der Waals surface area contributed by atoms with Crippen molar-refractivity contribution in [2.24, 2.45) is 5.92 Å². The smallest absolute Gasteiger partial charge is 0.338 e. The van der Waals surface area contributed by atoms with Crippen LogP contribution in [0.25, 0.3) is 0 Å². The van der Waals surface area contributed by atoms with Crippen LogP contribution in [0, 0.1) is 5.92 Å². The molecule has 0 amide bonds. The predicted octanol–water partition coefficient (Wildman–Crippen LogP) is 4.12. The van der Waals surface area contributed by atoms with Gasteiger partial charge in [0.05, 0.1) is 12.1 Å². The normalized spacial score (nSPS) is 12.6. The first-order chi connectivity index (χ1) is 9.97. The minimum Gasteiger partial charge on any atom is -0.478 e. The van der Waals surface area contributed by atoms with Crippen molar-refractivity contribution in [3.05, 3.63) is 58.5 Å². The molecule has 1 unspecified atom stereocenters. The highest BCUT2D eigenvalue weighted by molar-refractivity contribution is 6.30. The predicted molar refractivity (Wildman–Crippen MR) is 81.5 cm³/mol. The van der Waals surface area contributed by atoms with Crippen LogP contribution >= 0.6 is 11.6 Å². The van der Waals surface area contributed by atoms with Crippen molar-refractivity contribution < 1.29 is 14.3 Å². The van der Waals surface area contributed by atoms with Crippen molar-refractivity contribution in [3.8, 4) is 0 Å². The lowest BCUT2D eigenvalue weighted by molar-refractivity contribution is 0.0696. The molecule has 0 fully saturated rings. The molecule has 1 aromatic heterocycles. The Hall–Kier alpha value is -1.78. The number of aromatic carboxylic acids is 1. The largest absolute Gasteiger partial charge is 0.478 e. The molecule has 5 heteroatoms. The highest BCUT2D eigenvalue weighted by Gasteiger charge is 2.16. The summed E-state index contributed by atoms with van der Waals surface area (Å²) in [6.45, 7) is 4.72. The van der Waals surface area contributed by atoms with Crippen LogP contribution in [0.1, 0.15) is 41.6 Å². The van der Waals surface area contributed by atoms with E-state index in [9.17, 15) is 4.79 Å². The molecule has 112 valence electrons. The molecule has 1 aromatic carbocycles. The van der Waals surface area contributed by atoms with Gasteiger partial charge in [-0.25, -0.2) is 4.79 Å². The van der Waals surface area contributed by atoms with Crippen molar-refractivity contribution >= 4 is 17.6 Å². The van der Waals surface area contributed by atoms with Crippen molar-refractivity contribution in [1.29, 1.82) is 0 Å². The molecule has 0 aliphatic carbocycles. The summed E-state index contributed by atoms with van der Waals surface area (Å²) in [7, 11) is 0. The fraction of sp³-hybridized carbons (Fsp3) is 0.312. The fourth-order valence-corrected chi connectivity index (χ4v) is 2.33. The van der Waals surface area contributed by atoms with Crippen molar-refractivity contribution in [2.45, 2.75) is 26.4 Å². The van der Waals surface area contributed by atoms with Gasteiger partial charge in [0.1, 0.15) is 12.0 Å². The van der Waals surface area contributed by atoms with E-state index < -0.39 is 5.97 Å². The van der Waals surface area contributed by atoms with Crippen LogP contribution in [-0.2, 0) is 6.54 Å². The lowest BCUT2D eigenvalue weighted by atomic mass is 9.96. The number of nitrogens with one attached hydrogen (secondary N) is 1. The second-order valence-corrected chi connectivity index (χ2v) is 5.70. The Morgan fingerprint density at radius 3 is 2.52 bits per heavy atom. The lowest BCUT2D eigenvalue weighted by Crippen LogP contribution is -2.25. The van der Waals surface area contributed by atoms with Crippen molar-refractivity contribution in [2.75, 3.05) is 0 Å². The average molecular weight is 308 g/mol. The maximum Gasteiger partial charge on any atom is 0.338 e. The number of carbonyl (C=O) groups is 1. The Bertz CT molecular complexity index is 604. The second kappa shape index (κ2) is 6.78. The number of carboxylic acids is 1. The molecule has 21 heavy (non-hydrogen) atoms. The number of hydrogen-bond acceptors (Lipinski definition) is 3. The van der Waals surface area contributed by atoms with Crippen LogP contribution in [0.15, 0.2) is 41.0 Å². The SMILES string of the molecule is CC(C)C(NCc1cc(C(=O)O)co1)c1ccc(Cl)cc1. The molecule has 0 bridgehead atoms. The molecule has 0 aliphatic heterocycles. The molecule has 0 spiro atoms. The highest BCUT2D eigenvalue weighted by atomic mass is 35.5. The first-order valence-electron chi connectivity index (χ1n) is 6.77. The molecule has 2 rings (SSSR count). The summed E-state index contributed by atoms with van der Waals surface area (Å²) in [5.74, 6) is -0.00444. The Morgan fingerprint density at radius 1 is 1.33 bits per heavy atom. The molecule has 0 aliphatic rings. The summed E-state index contributed by atoms with van der Waals surface area (Å²) in [5, 5.41) is 13.0. The van der Waals surface area contributed by atoms with Gasteiger partial charge in [-0.2, -0.15) is 0 Å².